The molecule has 1 aliphatic carbocycles. The highest BCUT2D eigenvalue weighted by molar-refractivity contribution is 5.85. The van der Waals surface area contributed by atoms with Gasteiger partial charge < -0.3 is 10.6 Å². The van der Waals surface area contributed by atoms with Crippen molar-refractivity contribution in [1.82, 2.24) is 10.6 Å². The minimum Gasteiger partial charge on any atom is -0.351 e. The predicted molar refractivity (Wildman–Crippen MR) is 78.6 cm³/mol. The molecule has 3 atom stereocenters. The van der Waals surface area contributed by atoms with Crippen LogP contribution in [0.3, 0.4) is 0 Å². The summed E-state index contributed by atoms with van der Waals surface area (Å²) in [4.78, 5) is 12.1. The molecule has 1 aromatic carbocycles. The van der Waals surface area contributed by atoms with E-state index in [1.54, 1.807) is 0 Å². The third kappa shape index (κ3) is 3.48. The number of hydrogen-bond acceptors (Lipinski definition) is 2. The third-order valence-electron chi connectivity index (χ3n) is 3.97. The van der Waals surface area contributed by atoms with Gasteiger partial charge in [-0.1, -0.05) is 36.8 Å². The van der Waals surface area contributed by atoms with Crippen molar-refractivity contribution in [3.8, 4) is 0 Å². The van der Waals surface area contributed by atoms with Gasteiger partial charge in [-0.05, 0) is 31.4 Å². The lowest BCUT2D eigenvalue weighted by atomic mass is 10.0. The number of benzene rings is 1. The van der Waals surface area contributed by atoms with Gasteiger partial charge in [0.05, 0.1) is 6.04 Å². The van der Waals surface area contributed by atoms with Gasteiger partial charge in [0.25, 0.3) is 0 Å². The van der Waals surface area contributed by atoms with Crippen LogP contribution in [0.2, 0.25) is 0 Å². The lowest BCUT2D eigenvalue weighted by Crippen LogP contribution is -2.47. The van der Waals surface area contributed by atoms with Crippen LogP contribution < -0.4 is 10.6 Å². The van der Waals surface area contributed by atoms with E-state index < -0.39 is 0 Å². The lowest BCUT2D eigenvalue weighted by Gasteiger charge is -2.22. The van der Waals surface area contributed by atoms with Gasteiger partial charge in [0.15, 0.2) is 0 Å². The van der Waals surface area contributed by atoms with Crippen molar-refractivity contribution in [3.63, 3.8) is 0 Å². The number of rotatable bonds is 3. The maximum atomic E-state index is 12.1. The highest BCUT2D eigenvalue weighted by atomic mass is 35.5. The topological polar surface area (TPSA) is 41.1 Å². The number of amides is 1. The average Bonchev–Trinajstić information content (AvgIpc) is 3.20. The number of halogens is 1. The molecule has 0 aromatic heterocycles. The van der Waals surface area contributed by atoms with Crippen LogP contribution in [-0.2, 0) is 4.79 Å². The molecule has 1 saturated heterocycles. The van der Waals surface area contributed by atoms with Crippen LogP contribution in [0.5, 0.6) is 0 Å². The van der Waals surface area contributed by atoms with E-state index in [1.807, 2.05) is 6.07 Å². The Kier molecular flexibility index (Phi) is 4.83. The van der Waals surface area contributed by atoms with Crippen molar-refractivity contribution in [2.45, 2.75) is 43.7 Å². The third-order valence-corrected chi connectivity index (χ3v) is 3.97. The number of nitrogens with one attached hydrogen (secondary N) is 2. The second kappa shape index (κ2) is 6.40. The van der Waals surface area contributed by atoms with Gasteiger partial charge in [-0.25, -0.2) is 0 Å². The Morgan fingerprint density at radius 2 is 2.00 bits per heavy atom. The van der Waals surface area contributed by atoms with Crippen LogP contribution in [0.25, 0.3) is 0 Å². The van der Waals surface area contributed by atoms with Crippen LogP contribution in [0.4, 0.5) is 0 Å². The smallest absolute Gasteiger partial charge is 0.237 e. The summed E-state index contributed by atoms with van der Waals surface area (Å²) in [5, 5.41) is 6.47. The van der Waals surface area contributed by atoms with E-state index >= 15 is 0 Å². The Morgan fingerprint density at radius 3 is 2.68 bits per heavy atom. The fraction of sp³-hybridized carbons (Fsp3) is 0.533. The van der Waals surface area contributed by atoms with Gasteiger partial charge in [0, 0.05) is 12.0 Å². The van der Waals surface area contributed by atoms with E-state index in [2.05, 4.69) is 34.9 Å². The molecule has 1 saturated carbocycles. The van der Waals surface area contributed by atoms with Crippen molar-refractivity contribution in [1.29, 1.82) is 0 Å². The van der Waals surface area contributed by atoms with E-state index in [-0.39, 0.29) is 24.4 Å². The zero-order valence-corrected chi connectivity index (χ0v) is 11.8. The Hall–Kier alpha value is -1.06. The van der Waals surface area contributed by atoms with Crippen LogP contribution in [-0.4, -0.2) is 24.5 Å². The summed E-state index contributed by atoms with van der Waals surface area (Å²) in [6.07, 6.45) is 4.43. The molecule has 2 aliphatic rings. The highest BCUT2D eigenvalue weighted by Crippen LogP contribution is 2.40. The second-order valence-corrected chi connectivity index (χ2v) is 5.37. The van der Waals surface area contributed by atoms with Crippen molar-refractivity contribution in [2.24, 2.45) is 0 Å². The Balaban J connectivity index is 0.00000133. The summed E-state index contributed by atoms with van der Waals surface area (Å²) in [7, 11) is 0. The summed E-state index contributed by atoms with van der Waals surface area (Å²) in [6.45, 7) is 0.977. The van der Waals surface area contributed by atoms with Crippen LogP contribution >= 0.6 is 12.4 Å². The molecule has 104 valence electrons. The normalized spacial score (nSPS) is 29.2. The summed E-state index contributed by atoms with van der Waals surface area (Å²) in [6, 6.07) is 10.8. The maximum Gasteiger partial charge on any atom is 0.237 e. The van der Waals surface area contributed by atoms with Gasteiger partial charge in [-0.15, -0.1) is 12.4 Å². The molecule has 3 rings (SSSR count). The molecule has 3 nitrogen and oxygen atoms in total. The van der Waals surface area contributed by atoms with Crippen molar-refractivity contribution in [3.05, 3.63) is 35.9 Å². The monoisotopic (exact) mass is 280 g/mol. The quantitative estimate of drug-likeness (QED) is 0.891. The first kappa shape index (κ1) is 14.4. The van der Waals surface area contributed by atoms with Gasteiger partial charge >= 0.3 is 0 Å². The fourth-order valence-electron chi connectivity index (χ4n) is 2.78. The van der Waals surface area contributed by atoms with Crippen LogP contribution in [0.1, 0.15) is 37.2 Å². The molecule has 0 spiro atoms. The van der Waals surface area contributed by atoms with E-state index in [1.165, 1.54) is 12.0 Å². The molecule has 2 fully saturated rings. The maximum absolute atomic E-state index is 12.1. The lowest BCUT2D eigenvalue weighted by molar-refractivity contribution is -0.123. The number of hydrogen-bond donors (Lipinski definition) is 2. The van der Waals surface area contributed by atoms with Gasteiger partial charge in [0.1, 0.15) is 0 Å². The van der Waals surface area contributed by atoms with E-state index in [0.717, 1.165) is 25.8 Å². The standard InChI is InChI=1S/C15H20N2O.ClH/c18-15(13-8-4-5-9-16-13)17-14-10-12(14)11-6-2-1-3-7-11;/h1-3,6-7,12-14,16H,4-5,8-10H2,(H,17,18);1H/t12?,13-,14?;/m1./s1. The Labute approximate surface area is 120 Å². The Bertz CT molecular complexity index is 417. The number of piperidine rings is 1. The van der Waals surface area contributed by atoms with Crippen molar-refractivity contribution < 1.29 is 4.79 Å². The molecule has 0 bridgehead atoms. The number of carbonyl (C=O) groups is 1. The van der Waals surface area contributed by atoms with Gasteiger partial charge in [-0.2, -0.15) is 0 Å². The van der Waals surface area contributed by atoms with Gasteiger partial charge in [-0.3, -0.25) is 4.79 Å². The molecule has 1 amide bonds. The summed E-state index contributed by atoms with van der Waals surface area (Å²) >= 11 is 0. The average molecular weight is 281 g/mol. The zero-order chi connectivity index (χ0) is 12.4. The van der Waals surface area contributed by atoms with Crippen molar-refractivity contribution >= 4 is 18.3 Å². The molecule has 0 radical (unpaired) electrons. The molecular weight excluding hydrogens is 260 g/mol. The van der Waals surface area contributed by atoms with Crippen LogP contribution in [0.15, 0.2) is 30.3 Å². The molecule has 4 heteroatoms. The van der Waals surface area contributed by atoms with Crippen molar-refractivity contribution in [2.75, 3.05) is 6.54 Å². The molecule has 1 heterocycles. The molecule has 1 aliphatic heterocycles. The SMILES string of the molecule is Cl.O=C(NC1CC1c1ccccc1)[C@H]1CCCCN1. The summed E-state index contributed by atoms with van der Waals surface area (Å²) in [5.41, 5.74) is 1.35. The molecule has 2 N–H and O–H groups in total. The minimum absolute atomic E-state index is 0. The molecular formula is C15H21ClN2O. The van der Waals surface area contributed by atoms with E-state index in [4.69, 9.17) is 0 Å². The summed E-state index contributed by atoms with van der Waals surface area (Å²) in [5.74, 6) is 0.719. The first-order valence-electron chi connectivity index (χ1n) is 6.93. The zero-order valence-electron chi connectivity index (χ0n) is 11.0. The molecule has 19 heavy (non-hydrogen) atoms. The van der Waals surface area contributed by atoms with E-state index in [9.17, 15) is 4.79 Å². The second-order valence-electron chi connectivity index (χ2n) is 5.37. The largest absolute Gasteiger partial charge is 0.351 e. The fourth-order valence-corrected chi connectivity index (χ4v) is 2.78. The first-order chi connectivity index (χ1) is 8.84. The highest BCUT2D eigenvalue weighted by Gasteiger charge is 2.40. The van der Waals surface area contributed by atoms with E-state index in [0.29, 0.717) is 12.0 Å². The molecule has 1 aromatic rings. The summed E-state index contributed by atoms with van der Waals surface area (Å²) < 4.78 is 0. The number of carbonyl (C=O) groups excluding carboxylic acids is 1. The first-order valence-corrected chi connectivity index (χ1v) is 6.93. The van der Waals surface area contributed by atoms with Crippen LogP contribution in [0, 0.1) is 0 Å². The Morgan fingerprint density at radius 1 is 1.21 bits per heavy atom. The molecule has 2 unspecified atom stereocenters. The van der Waals surface area contributed by atoms with Gasteiger partial charge in [0.2, 0.25) is 5.91 Å². The predicted octanol–water partition coefficient (Wildman–Crippen LogP) is 2.22. The minimum atomic E-state index is 0.